The van der Waals surface area contributed by atoms with Gasteiger partial charge in [-0.25, -0.2) is 0 Å². The number of terminal acetylenes is 1. The first kappa shape index (κ1) is 14.5. The Morgan fingerprint density at radius 3 is 2.47 bits per heavy atom. The summed E-state index contributed by atoms with van der Waals surface area (Å²) in [5.41, 5.74) is 0.388. The molecule has 1 N–H and O–H groups in total. The maximum atomic E-state index is 5.43. The third-order valence-electron chi connectivity index (χ3n) is 4.10. The molecule has 0 aromatic rings. The number of hydrogen-bond donors (Lipinski definition) is 1. The van der Waals surface area contributed by atoms with Crippen LogP contribution in [0.1, 0.15) is 51.9 Å². The molecular weight excluding hydrogens is 208 g/mol. The zero-order valence-electron chi connectivity index (χ0n) is 11.6. The van der Waals surface area contributed by atoms with Gasteiger partial charge in [0.25, 0.3) is 0 Å². The summed E-state index contributed by atoms with van der Waals surface area (Å²) in [5, 5.41) is 3.58. The molecule has 0 aliphatic heterocycles. The molecule has 1 saturated carbocycles. The number of hydrogen-bond acceptors (Lipinski definition) is 2. The van der Waals surface area contributed by atoms with Gasteiger partial charge >= 0.3 is 0 Å². The van der Waals surface area contributed by atoms with Crippen LogP contribution in [-0.2, 0) is 0 Å². The molecule has 17 heavy (non-hydrogen) atoms. The second-order valence-corrected chi connectivity index (χ2v) is 5.32. The van der Waals surface area contributed by atoms with Crippen LogP contribution in [0.2, 0.25) is 0 Å². The summed E-state index contributed by atoms with van der Waals surface area (Å²) in [7, 11) is 2.12. The van der Waals surface area contributed by atoms with E-state index in [-0.39, 0.29) is 0 Å². The van der Waals surface area contributed by atoms with Crippen LogP contribution in [0.15, 0.2) is 0 Å². The third-order valence-corrected chi connectivity index (χ3v) is 4.10. The van der Waals surface area contributed by atoms with Crippen LogP contribution in [0.4, 0.5) is 0 Å². The molecule has 0 spiro atoms. The van der Waals surface area contributed by atoms with Crippen LogP contribution in [0.25, 0.3) is 0 Å². The standard InChI is InChI=1S/C15H28N2/c1-4-12-17(13-5-2)14-11-15(16-3)9-7-6-8-10-15/h1,16H,5-14H2,2-3H3. The Morgan fingerprint density at radius 2 is 1.94 bits per heavy atom. The van der Waals surface area contributed by atoms with Crippen LogP contribution in [0.3, 0.4) is 0 Å². The van der Waals surface area contributed by atoms with Crippen molar-refractivity contribution in [3.8, 4) is 12.3 Å². The fourth-order valence-electron chi connectivity index (χ4n) is 2.94. The van der Waals surface area contributed by atoms with Crippen molar-refractivity contribution in [1.29, 1.82) is 0 Å². The zero-order valence-corrected chi connectivity index (χ0v) is 11.6. The van der Waals surface area contributed by atoms with Gasteiger partial charge in [-0.1, -0.05) is 32.1 Å². The Hall–Kier alpha value is -0.520. The molecule has 2 heteroatoms. The van der Waals surface area contributed by atoms with Gasteiger partial charge in [-0.15, -0.1) is 6.42 Å². The van der Waals surface area contributed by atoms with Gasteiger partial charge < -0.3 is 5.32 Å². The lowest BCUT2D eigenvalue weighted by atomic mass is 9.79. The van der Waals surface area contributed by atoms with Crippen molar-refractivity contribution >= 4 is 0 Å². The molecule has 2 nitrogen and oxygen atoms in total. The number of nitrogens with zero attached hydrogens (tertiary/aromatic N) is 1. The molecule has 1 aliphatic carbocycles. The van der Waals surface area contributed by atoms with Crippen LogP contribution in [0, 0.1) is 12.3 Å². The summed E-state index contributed by atoms with van der Waals surface area (Å²) in [6.45, 7) is 5.29. The van der Waals surface area contributed by atoms with Gasteiger partial charge in [0.2, 0.25) is 0 Å². The lowest BCUT2D eigenvalue weighted by molar-refractivity contribution is 0.190. The van der Waals surface area contributed by atoms with E-state index in [1.807, 2.05) is 0 Å². The van der Waals surface area contributed by atoms with Gasteiger partial charge in [-0.3, -0.25) is 4.90 Å². The number of nitrogens with one attached hydrogen (secondary N) is 1. The van der Waals surface area contributed by atoms with Crippen molar-refractivity contribution in [3.05, 3.63) is 0 Å². The molecule has 0 aromatic heterocycles. The lowest BCUT2D eigenvalue weighted by Crippen LogP contribution is -2.47. The van der Waals surface area contributed by atoms with E-state index in [0.717, 1.165) is 19.6 Å². The van der Waals surface area contributed by atoms with E-state index in [0.29, 0.717) is 5.54 Å². The molecule has 1 rings (SSSR count). The van der Waals surface area contributed by atoms with E-state index in [1.54, 1.807) is 0 Å². The average molecular weight is 236 g/mol. The monoisotopic (exact) mass is 236 g/mol. The average Bonchev–Trinajstić information content (AvgIpc) is 2.38. The van der Waals surface area contributed by atoms with Crippen molar-refractivity contribution < 1.29 is 0 Å². The van der Waals surface area contributed by atoms with Crippen LogP contribution < -0.4 is 5.32 Å². The zero-order chi connectivity index (χ0) is 12.6. The third kappa shape index (κ3) is 4.69. The molecule has 0 heterocycles. The van der Waals surface area contributed by atoms with Gasteiger partial charge in [-0.05, 0) is 39.3 Å². The maximum Gasteiger partial charge on any atom is 0.0598 e. The molecular formula is C15H28N2. The van der Waals surface area contributed by atoms with Crippen LogP contribution in [0.5, 0.6) is 0 Å². The Kier molecular flexibility index (Phi) is 6.62. The Morgan fingerprint density at radius 1 is 1.24 bits per heavy atom. The summed E-state index contributed by atoms with van der Waals surface area (Å²) < 4.78 is 0. The van der Waals surface area contributed by atoms with E-state index in [1.165, 1.54) is 44.9 Å². The molecule has 0 amide bonds. The molecule has 0 bridgehead atoms. The summed E-state index contributed by atoms with van der Waals surface area (Å²) in [5.74, 6) is 2.78. The first-order chi connectivity index (χ1) is 8.26. The highest BCUT2D eigenvalue weighted by Crippen LogP contribution is 2.30. The summed E-state index contributed by atoms with van der Waals surface area (Å²) in [6.07, 6.45) is 14.7. The van der Waals surface area contributed by atoms with E-state index < -0.39 is 0 Å². The molecule has 0 aromatic carbocycles. The number of rotatable bonds is 7. The Bertz CT molecular complexity index is 236. The molecule has 1 aliphatic rings. The molecule has 0 atom stereocenters. The van der Waals surface area contributed by atoms with Gasteiger partial charge in [0, 0.05) is 12.1 Å². The summed E-state index contributed by atoms with van der Waals surface area (Å²) >= 11 is 0. The second kappa shape index (κ2) is 7.74. The molecule has 0 saturated heterocycles. The van der Waals surface area contributed by atoms with Crippen molar-refractivity contribution in [3.63, 3.8) is 0 Å². The topological polar surface area (TPSA) is 15.3 Å². The van der Waals surface area contributed by atoms with Gasteiger partial charge in [-0.2, -0.15) is 0 Å². The van der Waals surface area contributed by atoms with E-state index >= 15 is 0 Å². The predicted octanol–water partition coefficient (Wildman–Crippen LogP) is 2.64. The highest BCUT2D eigenvalue weighted by molar-refractivity contribution is 4.92. The minimum Gasteiger partial charge on any atom is -0.314 e. The van der Waals surface area contributed by atoms with Gasteiger partial charge in [0.1, 0.15) is 0 Å². The maximum absolute atomic E-state index is 5.43. The molecule has 0 unspecified atom stereocenters. The van der Waals surface area contributed by atoms with Gasteiger partial charge in [0.05, 0.1) is 6.54 Å². The fraction of sp³-hybridized carbons (Fsp3) is 0.867. The fourth-order valence-corrected chi connectivity index (χ4v) is 2.94. The first-order valence-electron chi connectivity index (χ1n) is 7.11. The quantitative estimate of drug-likeness (QED) is 0.684. The molecule has 0 radical (unpaired) electrons. The Labute approximate surface area is 107 Å². The van der Waals surface area contributed by atoms with Crippen molar-refractivity contribution in [2.24, 2.45) is 0 Å². The summed E-state index contributed by atoms with van der Waals surface area (Å²) in [6, 6.07) is 0. The largest absolute Gasteiger partial charge is 0.314 e. The second-order valence-electron chi connectivity index (χ2n) is 5.32. The van der Waals surface area contributed by atoms with E-state index in [4.69, 9.17) is 6.42 Å². The lowest BCUT2D eigenvalue weighted by Gasteiger charge is -2.38. The molecule has 1 fully saturated rings. The normalized spacial score (nSPS) is 19.2. The minimum atomic E-state index is 0.388. The Balaban J connectivity index is 2.41. The first-order valence-corrected chi connectivity index (χ1v) is 7.11. The smallest absolute Gasteiger partial charge is 0.0598 e. The van der Waals surface area contributed by atoms with Crippen molar-refractivity contribution in [2.45, 2.75) is 57.4 Å². The van der Waals surface area contributed by atoms with Crippen LogP contribution >= 0.6 is 0 Å². The SMILES string of the molecule is C#CCN(CCC)CCC1(NC)CCCCC1. The van der Waals surface area contributed by atoms with E-state index in [2.05, 4.69) is 30.1 Å². The van der Waals surface area contributed by atoms with E-state index in [9.17, 15) is 0 Å². The summed E-state index contributed by atoms with van der Waals surface area (Å²) in [4.78, 5) is 2.41. The van der Waals surface area contributed by atoms with Gasteiger partial charge in [0.15, 0.2) is 0 Å². The highest BCUT2D eigenvalue weighted by Gasteiger charge is 2.30. The minimum absolute atomic E-state index is 0.388. The highest BCUT2D eigenvalue weighted by atomic mass is 15.1. The van der Waals surface area contributed by atoms with Crippen molar-refractivity contribution in [1.82, 2.24) is 10.2 Å². The van der Waals surface area contributed by atoms with Crippen LogP contribution in [-0.4, -0.2) is 37.1 Å². The molecule has 98 valence electrons. The predicted molar refractivity (Wildman–Crippen MR) is 75.1 cm³/mol. The van der Waals surface area contributed by atoms with Crippen molar-refractivity contribution in [2.75, 3.05) is 26.7 Å².